The van der Waals surface area contributed by atoms with Crippen molar-refractivity contribution in [1.82, 2.24) is 29.0 Å². The lowest BCUT2D eigenvalue weighted by Crippen LogP contribution is -2.53. The standard InChI is InChI=1S/C34H34BrN7O3/c1-18-6-8-28(35)37-32(18)38-33(45)26-10-11-34(5)14-27(34)42(26)30(44)17-40-16-25(20(3)43)24-13-23(12-19(2)31(24)40)22-7-9-29-36-21(4)39-41(29)15-22/h6-9,12-13,15-16,26-27H,10-11,14,17H2,1-5H3,(H,37,38,45)/t26-,27+,34-/m0/s1. The summed E-state index contributed by atoms with van der Waals surface area (Å²) in [5, 5.41) is 8.22. The molecule has 0 bridgehead atoms. The lowest BCUT2D eigenvalue weighted by molar-refractivity contribution is -0.142. The SMILES string of the molecule is CC(=O)c1cn(CC(=O)N2[C@H](C(=O)Nc3nc(Br)ccc3C)CC[C@@]3(C)C[C@@H]23)c2c(C)cc(-c3ccc4nc(C)nn4c3)cc12. The molecule has 1 saturated heterocycles. The summed E-state index contributed by atoms with van der Waals surface area (Å²) in [6, 6.07) is 11.1. The summed E-state index contributed by atoms with van der Waals surface area (Å²) in [7, 11) is 0. The summed E-state index contributed by atoms with van der Waals surface area (Å²) in [5.41, 5.74) is 5.86. The molecule has 7 rings (SSSR count). The molecule has 3 atom stereocenters. The number of anilines is 1. The van der Waals surface area contributed by atoms with Gasteiger partial charge in [0.15, 0.2) is 11.4 Å². The van der Waals surface area contributed by atoms with E-state index < -0.39 is 6.04 Å². The number of nitrogens with zero attached hydrogens (tertiary/aromatic N) is 6. The molecule has 5 heterocycles. The zero-order valence-electron chi connectivity index (χ0n) is 25.9. The van der Waals surface area contributed by atoms with Crippen LogP contribution in [0.25, 0.3) is 27.7 Å². The number of amides is 2. The van der Waals surface area contributed by atoms with Crippen LogP contribution in [0.5, 0.6) is 0 Å². The number of benzene rings is 1. The summed E-state index contributed by atoms with van der Waals surface area (Å²) >= 11 is 3.38. The number of piperidine rings is 1. The fourth-order valence-electron chi connectivity index (χ4n) is 6.97. The van der Waals surface area contributed by atoms with Crippen molar-refractivity contribution in [3.63, 3.8) is 0 Å². The van der Waals surface area contributed by atoms with Gasteiger partial charge in [0, 0.05) is 34.9 Å². The molecule has 1 aromatic carbocycles. The predicted octanol–water partition coefficient (Wildman–Crippen LogP) is 6.04. The largest absolute Gasteiger partial charge is 0.337 e. The third kappa shape index (κ3) is 5.12. The predicted molar refractivity (Wildman–Crippen MR) is 175 cm³/mol. The van der Waals surface area contributed by atoms with E-state index >= 15 is 0 Å². The highest BCUT2D eigenvalue weighted by molar-refractivity contribution is 9.10. The first-order chi connectivity index (χ1) is 21.4. The summed E-state index contributed by atoms with van der Waals surface area (Å²) in [4.78, 5) is 51.4. The number of hydrogen-bond donors (Lipinski definition) is 1. The number of ketones is 1. The molecule has 0 radical (unpaired) electrons. The van der Waals surface area contributed by atoms with Gasteiger partial charge < -0.3 is 14.8 Å². The van der Waals surface area contributed by atoms with E-state index in [9.17, 15) is 14.4 Å². The van der Waals surface area contributed by atoms with E-state index in [1.807, 2.05) is 61.9 Å². The molecule has 5 aromatic rings. The van der Waals surface area contributed by atoms with Gasteiger partial charge in [-0.3, -0.25) is 14.4 Å². The zero-order chi connectivity index (χ0) is 31.8. The molecule has 1 aliphatic heterocycles. The van der Waals surface area contributed by atoms with Crippen LogP contribution in [-0.2, 0) is 16.1 Å². The number of Topliss-reactive ketones (excluding diaryl/α,β-unsaturated/α-hetero) is 1. The number of hydrogen-bond acceptors (Lipinski definition) is 6. The van der Waals surface area contributed by atoms with E-state index in [4.69, 9.17) is 0 Å². The zero-order valence-corrected chi connectivity index (χ0v) is 27.5. The van der Waals surface area contributed by atoms with Gasteiger partial charge >= 0.3 is 0 Å². The Morgan fingerprint density at radius 3 is 2.60 bits per heavy atom. The molecule has 45 heavy (non-hydrogen) atoms. The maximum atomic E-state index is 14.2. The van der Waals surface area contributed by atoms with Gasteiger partial charge in [0.25, 0.3) is 0 Å². The Morgan fingerprint density at radius 1 is 1.02 bits per heavy atom. The van der Waals surface area contributed by atoms with Crippen LogP contribution in [0.15, 0.2) is 53.4 Å². The average Bonchev–Trinajstić information content (AvgIpc) is 3.32. The number of likely N-dealkylation sites (tertiary alicyclic amines) is 1. The molecule has 2 aliphatic rings. The molecular weight excluding hydrogens is 634 g/mol. The summed E-state index contributed by atoms with van der Waals surface area (Å²) in [6.45, 7) is 9.51. The second kappa shape index (κ2) is 10.6. The molecule has 11 heteroatoms. The van der Waals surface area contributed by atoms with E-state index in [1.165, 1.54) is 0 Å². The van der Waals surface area contributed by atoms with Gasteiger partial charge in [0.2, 0.25) is 11.8 Å². The van der Waals surface area contributed by atoms with E-state index in [-0.39, 0.29) is 35.6 Å². The number of pyridine rings is 2. The number of aromatic nitrogens is 5. The first-order valence-electron chi connectivity index (χ1n) is 15.1. The molecule has 2 fully saturated rings. The highest BCUT2D eigenvalue weighted by Gasteiger charge is 2.60. The third-order valence-electron chi connectivity index (χ3n) is 9.48. The number of halogens is 1. The third-order valence-corrected chi connectivity index (χ3v) is 9.92. The monoisotopic (exact) mass is 667 g/mol. The molecule has 4 aromatic heterocycles. The Bertz CT molecular complexity index is 2060. The Hall–Kier alpha value is -4.38. The molecule has 0 spiro atoms. The van der Waals surface area contributed by atoms with Crippen LogP contribution in [0.4, 0.5) is 5.82 Å². The fourth-order valence-corrected chi connectivity index (χ4v) is 7.27. The Labute approximate surface area is 269 Å². The van der Waals surface area contributed by atoms with Gasteiger partial charge in [-0.25, -0.2) is 14.5 Å². The van der Waals surface area contributed by atoms with Crippen molar-refractivity contribution in [3.05, 3.63) is 75.9 Å². The molecule has 1 N–H and O–H groups in total. The number of carbonyl (C=O) groups excluding carboxylic acids is 3. The van der Waals surface area contributed by atoms with Crippen molar-refractivity contribution in [2.75, 3.05) is 5.32 Å². The van der Waals surface area contributed by atoms with E-state index in [0.29, 0.717) is 28.2 Å². The number of fused-ring (bicyclic) bond motifs is 3. The first kappa shape index (κ1) is 29.3. The van der Waals surface area contributed by atoms with Crippen LogP contribution in [0.3, 0.4) is 0 Å². The lowest BCUT2D eigenvalue weighted by atomic mass is 9.92. The number of rotatable bonds is 6. The van der Waals surface area contributed by atoms with Gasteiger partial charge in [0.1, 0.15) is 28.8 Å². The van der Waals surface area contributed by atoms with E-state index in [1.54, 1.807) is 22.5 Å². The smallest absolute Gasteiger partial charge is 0.248 e. The normalized spacial score (nSPS) is 20.8. The molecular formula is C34H34BrN7O3. The summed E-state index contributed by atoms with van der Waals surface area (Å²) in [6.07, 6.45) is 6.06. The molecule has 2 amide bonds. The van der Waals surface area contributed by atoms with Crippen LogP contribution >= 0.6 is 15.9 Å². The fraction of sp³-hybridized carbons (Fsp3) is 0.353. The molecule has 1 aliphatic carbocycles. The Kier molecular flexibility index (Phi) is 6.92. The average molecular weight is 669 g/mol. The van der Waals surface area contributed by atoms with E-state index in [0.717, 1.165) is 51.6 Å². The quantitative estimate of drug-likeness (QED) is 0.174. The van der Waals surface area contributed by atoms with Gasteiger partial charge in [-0.05, 0) is 115 Å². The Morgan fingerprint density at radius 2 is 1.82 bits per heavy atom. The minimum Gasteiger partial charge on any atom is -0.337 e. The molecule has 230 valence electrons. The maximum absolute atomic E-state index is 14.2. The summed E-state index contributed by atoms with van der Waals surface area (Å²) in [5.74, 6) is 0.738. The lowest BCUT2D eigenvalue weighted by Gasteiger charge is -2.37. The van der Waals surface area contributed by atoms with Crippen molar-refractivity contribution in [3.8, 4) is 11.1 Å². The first-order valence-corrected chi connectivity index (χ1v) is 15.9. The second-order valence-electron chi connectivity index (χ2n) is 12.8. The summed E-state index contributed by atoms with van der Waals surface area (Å²) < 4.78 is 4.26. The number of nitrogens with one attached hydrogen (secondary N) is 1. The Balaban J connectivity index is 1.22. The number of aryl methyl sites for hydroxylation is 3. The van der Waals surface area contributed by atoms with Crippen molar-refractivity contribution in [1.29, 1.82) is 0 Å². The molecule has 1 saturated carbocycles. The maximum Gasteiger partial charge on any atom is 0.248 e. The van der Waals surface area contributed by atoms with E-state index in [2.05, 4.69) is 49.3 Å². The van der Waals surface area contributed by atoms with Gasteiger partial charge in [-0.1, -0.05) is 13.0 Å². The highest BCUT2D eigenvalue weighted by atomic mass is 79.9. The minimum absolute atomic E-state index is 0.00297. The topological polar surface area (TPSA) is 114 Å². The van der Waals surface area contributed by atoms with Crippen LogP contribution in [0, 0.1) is 26.2 Å². The van der Waals surface area contributed by atoms with Crippen molar-refractivity contribution >= 4 is 55.9 Å². The van der Waals surface area contributed by atoms with Crippen LogP contribution in [0.1, 0.15) is 60.4 Å². The molecule has 10 nitrogen and oxygen atoms in total. The van der Waals surface area contributed by atoms with Gasteiger partial charge in [0.05, 0.1) is 5.52 Å². The molecule has 0 unspecified atom stereocenters. The van der Waals surface area contributed by atoms with Crippen LogP contribution in [-0.4, -0.2) is 58.7 Å². The highest BCUT2D eigenvalue weighted by Crippen LogP contribution is 2.57. The van der Waals surface area contributed by atoms with Crippen molar-refractivity contribution in [2.24, 2.45) is 5.41 Å². The van der Waals surface area contributed by atoms with Crippen LogP contribution < -0.4 is 5.32 Å². The van der Waals surface area contributed by atoms with Gasteiger partial charge in [-0.15, -0.1) is 0 Å². The second-order valence-corrected chi connectivity index (χ2v) is 13.6. The minimum atomic E-state index is -0.601. The van der Waals surface area contributed by atoms with Gasteiger partial charge in [-0.2, -0.15) is 5.10 Å². The van der Waals surface area contributed by atoms with Crippen molar-refractivity contribution in [2.45, 2.75) is 72.5 Å². The van der Waals surface area contributed by atoms with Crippen LogP contribution in [0.2, 0.25) is 0 Å². The number of carbonyl (C=O) groups is 3. The van der Waals surface area contributed by atoms with Crippen molar-refractivity contribution < 1.29 is 14.4 Å².